The number of aromatic amines is 1. The van der Waals surface area contributed by atoms with E-state index in [9.17, 15) is 9.59 Å². The number of benzene rings is 1. The van der Waals surface area contributed by atoms with E-state index >= 15 is 0 Å². The summed E-state index contributed by atoms with van der Waals surface area (Å²) in [5.41, 5.74) is 1.31. The summed E-state index contributed by atoms with van der Waals surface area (Å²) in [5.74, 6) is -1.10. The van der Waals surface area contributed by atoms with Crippen LogP contribution in [-0.4, -0.2) is 50.8 Å². The number of amides is 1. The highest BCUT2D eigenvalue weighted by atomic mass is 16.5. The van der Waals surface area contributed by atoms with Crippen molar-refractivity contribution in [2.24, 2.45) is 0 Å². The van der Waals surface area contributed by atoms with Crippen molar-refractivity contribution in [1.82, 2.24) is 20.6 Å². The lowest BCUT2D eigenvalue weighted by Gasteiger charge is -2.05. The summed E-state index contributed by atoms with van der Waals surface area (Å²) in [6.07, 6.45) is 0. The van der Waals surface area contributed by atoms with Gasteiger partial charge < -0.3 is 15.2 Å². The number of H-pyrrole nitrogens is 1. The van der Waals surface area contributed by atoms with Crippen LogP contribution in [0.1, 0.15) is 0 Å². The molecule has 2 rings (SSSR count). The van der Waals surface area contributed by atoms with E-state index in [-0.39, 0.29) is 6.61 Å². The molecule has 9 heteroatoms. The Hall–Kier alpha value is -2.81. The molecule has 1 amide bonds. The maximum atomic E-state index is 11.4. The first-order valence-electron chi connectivity index (χ1n) is 5.58. The molecule has 0 saturated heterocycles. The second-order valence-electron chi connectivity index (χ2n) is 3.75. The van der Waals surface area contributed by atoms with Crippen molar-refractivity contribution in [2.45, 2.75) is 0 Å². The minimum absolute atomic E-state index is 0.321. The number of ether oxygens (including phenoxy) is 1. The van der Waals surface area contributed by atoms with Gasteiger partial charge in [0.2, 0.25) is 11.7 Å². The molecule has 104 valence electrons. The summed E-state index contributed by atoms with van der Waals surface area (Å²) < 4.78 is 4.67. The number of tetrazole rings is 1. The lowest BCUT2D eigenvalue weighted by Crippen LogP contribution is -2.20. The number of carboxylic acids is 1. The minimum Gasteiger partial charge on any atom is -0.480 e. The highest BCUT2D eigenvalue weighted by Crippen LogP contribution is 2.16. The number of nitrogens with one attached hydrogen (secondary N) is 2. The largest absolute Gasteiger partial charge is 0.480 e. The molecule has 3 N–H and O–H groups in total. The molecule has 0 aliphatic heterocycles. The van der Waals surface area contributed by atoms with Crippen molar-refractivity contribution in [3.63, 3.8) is 0 Å². The van der Waals surface area contributed by atoms with Gasteiger partial charge in [-0.3, -0.25) is 4.79 Å². The first-order valence-corrected chi connectivity index (χ1v) is 5.58. The molecule has 1 aromatic carbocycles. The summed E-state index contributed by atoms with van der Waals surface area (Å²) in [4.78, 5) is 21.7. The molecule has 0 radical (unpaired) electrons. The molecule has 0 spiro atoms. The standard InChI is InChI=1S/C11H11N5O4/c17-9(5-20-6-10(18)19)12-8-3-1-7(2-4-8)11-13-15-16-14-11/h1-4H,5-6H2,(H,12,17)(H,18,19)(H,13,14,15,16). The molecule has 0 aliphatic carbocycles. The van der Waals surface area contributed by atoms with Crippen LogP contribution in [0.15, 0.2) is 24.3 Å². The van der Waals surface area contributed by atoms with Gasteiger partial charge in [-0.15, -0.1) is 10.2 Å². The smallest absolute Gasteiger partial charge is 0.329 e. The normalized spacial score (nSPS) is 10.2. The van der Waals surface area contributed by atoms with Crippen molar-refractivity contribution in [1.29, 1.82) is 0 Å². The number of hydrogen-bond acceptors (Lipinski definition) is 6. The first-order chi connectivity index (χ1) is 9.65. The van der Waals surface area contributed by atoms with E-state index < -0.39 is 18.5 Å². The fraction of sp³-hybridized carbons (Fsp3) is 0.182. The lowest BCUT2D eigenvalue weighted by atomic mass is 10.2. The third-order valence-corrected chi connectivity index (χ3v) is 2.23. The number of nitrogens with zero attached hydrogens (tertiary/aromatic N) is 3. The Labute approximate surface area is 113 Å². The van der Waals surface area contributed by atoms with Crippen LogP contribution in [0.5, 0.6) is 0 Å². The van der Waals surface area contributed by atoms with Crippen molar-refractivity contribution < 1.29 is 19.4 Å². The van der Waals surface area contributed by atoms with Gasteiger partial charge in [-0.05, 0) is 29.5 Å². The topological polar surface area (TPSA) is 130 Å². The summed E-state index contributed by atoms with van der Waals surface area (Å²) in [6.45, 7) is -0.830. The second-order valence-corrected chi connectivity index (χ2v) is 3.75. The number of carboxylic acid groups (broad SMARTS) is 1. The monoisotopic (exact) mass is 277 g/mol. The molecule has 0 saturated carbocycles. The van der Waals surface area contributed by atoms with Crippen LogP contribution in [0.3, 0.4) is 0 Å². The molecular formula is C11H11N5O4. The fourth-order valence-corrected chi connectivity index (χ4v) is 1.41. The van der Waals surface area contributed by atoms with Gasteiger partial charge in [0, 0.05) is 11.3 Å². The van der Waals surface area contributed by atoms with Gasteiger partial charge in [-0.2, -0.15) is 5.21 Å². The average molecular weight is 277 g/mol. The van der Waals surface area contributed by atoms with Crippen LogP contribution in [0.4, 0.5) is 5.69 Å². The van der Waals surface area contributed by atoms with E-state index in [2.05, 4.69) is 30.7 Å². The van der Waals surface area contributed by atoms with Crippen molar-refractivity contribution in [3.05, 3.63) is 24.3 Å². The van der Waals surface area contributed by atoms with Crippen molar-refractivity contribution in [2.75, 3.05) is 18.5 Å². The summed E-state index contributed by atoms with van der Waals surface area (Å²) in [6, 6.07) is 6.78. The molecule has 0 bridgehead atoms. The van der Waals surface area contributed by atoms with Crippen LogP contribution < -0.4 is 5.32 Å². The van der Waals surface area contributed by atoms with Gasteiger partial charge in [0.1, 0.15) is 13.2 Å². The third-order valence-electron chi connectivity index (χ3n) is 2.23. The Morgan fingerprint density at radius 3 is 2.60 bits per heavy atom. The average Bonchev–Trinajstić information content (AvgIpc) is 2.93. The van der Waals surface area contributed by atoms with Gasteiger partial charge in [0.25, 0.3) is 0 Å². The van der Waals surface area contributed by atoms with Crippen LogP contribution in [0, 0.1) is 0 Å². The zero-order valence-electron chi connectivity index (χ0n) is 10.2. The molecule has 1 aromatic heterocycles. The number of rotatable bonds is 6. The van der Waals surface area contributed by atoms with Gasteiger partial charge >= 0.3 is 5.97 Å². The Bertz CT molecular complexity index is 581. The molecule has 9 nitrogen and oxygen atoms in total. The Kier molecular flexibility index (Phi) is 4.35. The predicted molar refractivity (Wildman–Crippen MR) is 66.7 cm³/mol. The summed E-state index contributed by atoms with van der Waals surface area (Å²) >= 11 is 0. The molecule has 0 atom stereocenters. The Balaban J connectivity index is 1.87. The molecule has 20 heavy (non-hydrogen) atoms. The highest BCUT2D eigenvalue weighted by Gasteiger charge is 2.06. The SMILES string of the molecule is O=C(O)COCC(=O)Nc1ccc(-c2nn[nH]n2)cc1. The van der Waals surface area contributed by atoms with E-state index in [0.717, 1.165) is 5.56 Å². The van der Waals surface area contributed by atoms with Gasteiger partial charge in [-0.1, -0.05) is 0 Å². The quantitative estimate of drug-likeness (QED) is 0.672. The summed E-state index contributed by atoms with van der Waals surface area (Å²) in [7, 11) is 0. The third kappa shape index (κ3) is 3.85. The predicted octanol–water partition coefficient (Wildman–Crippen LogP) is -0.0936. The number of hydrogen-bond donors (Lipinski definition) is 3. The van der Waals surface area contributed by atoms with E-state index in [1.807, 2.05) is 0 Å². The van der Waals surface area contributed by atoms with E-state index in [1.54, 1.807) is 24.3 Å². The highest BCUT2D eigenvalue weighted by molar-refractivity contribution is 5.92. The first kappa shape index (κ1) is 13.6. The maximum Gasteiger partial charge on any atom is 0.329 e. The molecule has 1 heterocycles. The number of carbonyl (C=O) groups excluding carboxylic acids is 1. The van der Waals surface area contributed by atoms with Crippen LogP contribution in [0.2, 0.25) is 0 Å². The second kappa shape index (κ2) is 6.38. The van der Waals surface area contributed by atoms with Gasteiger partial charge in [0.05, 0.1) is 0 Å². The summed E-state index contributed by atoms with van der Waals surface area (Å²) in [5, 5.41) is 24.4. The van der Waals surface area contributed by atoms with Crippen LogP contribution >= 0.6 is 0 Å². The zero-order valence-corrected chi connectivity index (χ0v) is 10.2. The molecule has 2 aromatic rings. The van der Waals surface area contributed by atoms with E-state index in [4.69, 9.17) is 5.11 Å². The zero-order chi connectivity index (χ0) is 14.4. The Morgan fingerprint density at radius 2 is 2.00 bits per heavy atom. The van der Waals surface area contributed by atoms with Crippen LogP contribution in [-0.2, 0) is 14.3 Å². The van der Waals surface area contributed by atoms with E-state index in [1.165, 1.54) is 0 Å². The fourth-order valence-electron chi connectivity index (χ4n) is 1.41. The molecule has 0 fully saturated rings. The number of aromatic nitrogens is 4. The molecular weight excluding hydrogens is 266 g/mol. The molecule has 0 unspecified atom stereocenters. The lowest BCUT2D eigenvalue weighted by molar-refractivity contribution is -0.143. The minimum atomic E-state index is -1.12. The van der Waals surface area contributed by atoms with E-state index in [0.29, 0.717) is 11.5 Å². The Morgan fingerprint density at radius 1 is 1.25 bits per heavy atom. The molecule has 0 aliphatic rings. The number of carbonyl (C=O) groups is 2. The van der Waals surface area contributed by atoms with Crippen molar-refractivity contribution in [3.8, 4) is 11.4 Å². The van der Waals surface area contributed by atoms with Crippen LogP contribution in [0.25, 0.3) is 11.4 Å². The van der Waals surface area contributed by atoms with Gasteiger partial charge in [-0.25, -0.2) is 4.79 Å². The number of aliphatic carboxylic acids is 1. The maximum absolute atomic E-state index is 11.4. The van der Waals surface area contributed by atoms with Crippen molar-refractivity contribution >= 4 is 17.6 Å². The van der Waals surface area contributed by atoms with Gasteiger partial charge in [0.15, 0.2) is 0 Å². The number of anilines is 1.